The first-order valence-electron chi connectivity index (χ1n) is 11.1. The lowest BCUT2D eigenvalue weighted by molar-refractivity contribution is -0.116. The molecule has 0 saturated heterocycles. The topological polar surface area (TPSA) is 77.6 Å². The van der Waals surface area contributed by atoms with Crippen LogP contribution in [0.4, 0.5) is 14.5 Å². The van der Waals surface area contributed by atoms with E-state index in [0.717, 1.165) is 5.56 Å². The second-order valence-corrected chi connectivity index (χ2v) is 8.16. The van der Waals surface area contributed by atoms with E-state index in [2.05, 4.69) is 20.5 Å². The fraction of sp³-hybridized carbons (Fsp3) is 0.154. The Balaban J connectivity index is 1.43. The number of alkyl halides is 2. The fourth-order valence-corrected chi connectivity index (χ4v) is 4.09. The molecule has 5 rings (SSSR count). The quantitative estimate of drug-likeness (QED) is 0.352. The van der Waals surface area contributed by atoms with Gasteiger partial charge in [0.1, 0.15) is 6.54 Å². The van der Waals surface area contributed by atoms with Gasteiger partial charge in [-0.25, -0.2) is 18.4 Å². The highest BCUT2D eigenvalue weighted by atomic mass is 19.3. The number of nitrogens with one attached hydrogen (secondary N) is 1. The summed E-state index contributed by atoms with van der Waals surface area (Å²) in [5.74, 6) is -0.337. The van der Waals surface area contributed by atoms with Crippen molar-refractivity contribution in [3.8, 4) is 11.3 Å². The second kappa shape index (κ2) is 9.46. The summed E-state index contributed by atoms with van der Waals surface area (Å²) < 4.78 is 31.1. The molecule has 0 fully saturated rings. The van der Waals surface area contributed by atoms with Crippen LogP contribution in [-0.4, -0.2) is 30.5 Å². The molecule has 0 aliphatic rings. The Morgan fingerprint density at radius 3 is 2.63 bits per heavy atom. The number of hydrogen-bond donors (Lipinski definition) is 1. The molecule has 3 heterocycles. The van der Waals surface area contributed by atoms with Crippen LogP contribution in [0.25, 0.3) is 22.3 Å². The van der Waals surface area contributed by atoms with Crippen molar-refractivity contribution in [3.05, 3.63) is 95.9 Å². The highest BCUT2D eigenvalue weighted by Gasteiger charge is 2.22. The van der Waals surface area contributed by atoms with Gasteiger partial charge < -0.3 is 5.32 Å². The summed E-state index contributed by atoms with van der Waals surface area (Å²) in [4.78, 5) is 17.5. The molecule has 5 aromatic rings. The van der Waals surface area contributed by atoms with Crippen LogP contribution < -0.4 is 5.32 Å². The molecule has 2 aromatic carbocycles. The van der Waals surface area contributed by atoms with Gasteiger partial charge in [0.2, 0.25) is 5.91 Å². The average molecular weight is 472 g/mol. The molecule has 35 heavy (non-hydrogen) atoms. The standard InChI is InChI=1S/C26H22F2N6O/c1-17-24-21(25(27)28)14-22(19-8-3-2-4-9-19)31-26(24)34(32-17)16-23(35)30-20-10-5-7-18(13-20)15-33-12-6-11-29-33/h2-14,25H,15-16H2,1H3,(H,30,35). The number of nitrogens with zero attached hydrogens (tertiary/aromatic N) is 5. The number of aromatic nitrogens is 5. The number of carbonyl (C=O) groups excluding carboxylic acids is 1. The van der Waals surface area contributed by atoms with E-state index in [9.17, 15) is 13.6 Å². The third-order valence-corrected chi connectivity index (χ3v) is 5.62. The summed E-state index contributed by atoms with van der Waals surface area (Å²) >= 11 is 0. The first kappa shape index (κ1) is 22.4. The third kappa shape index (κ3) is 4.79. The zero-order valence-corrected chi connectivity index (χ0v) is 18.9. The molecule has 0 aliphatic carbocycles. The molecule has 1 amide bonds. The van der Waals surface area contributed by atoms with Crippen LogP contribution >= 0.6 is 0 Å². The fourth-order valence-electron chi connectivity index (χ4n) is 4.09. The Labute approximate surface area is 200 Å². The minimum absolute atomic E-state index is 0.149. The molecule has 1 N–H and O–H groups in total. The summed E-state index contributed by atoms with van der Waals surface area (Å²) in [6.07, 6.45) is 0.866. The number of fused-ring (bicyclic) bond motifs is 1. The van der Waals surface area contributed by atoms with Crippen LogP contribution in [0.2, 0.25) is 0 Å². The SMILES string of the molecule is Cc1nn(CC(=O)Nc2cccc(Cn3cccn3)c2)c2nc(-c3ccccc3)cc(C(F)F)c12. The van der Waals surface area contributed by atoms with Crippen molar-refractivity contribution in [2.45, 2.75) is 26.4 Å². The molecule has 9 heteroatoms. The molecule has 0 atom stereocenters. The van der Waals surface area contributed by atoms with Gasteiger partial charge in [-0.2, -0.15) is 10.2 Å². The third-order valence-electron chi connectivity index (χ3n) is 5.62. The maximum absolute atomic E-state index is 14.0. The van der Waals surface area contributed by atoms with Gasteiger partial charge in [0.25, 0.3) is 6.43 Å². The number of amides is 1. The number of aryl methyl sites for hydroxylation is 1. The Hall–Kier alpha value is -4.40. The van der Waals surface area contributed by atoms with E-state index < -0.39 is 6.43 Å². The van der Waals surface area contributed by atoms with Crippen LogP contribution in [-0.2, 0) is 17.9 Å². The summed E-state index contributed by atoms with van der Waals surface area (Å²) in [6.45, 7) is 2.05. The van der Waals surface area contributed by atoms with Crippen LogP contribution in [0.15, 0.2) is 79.1 Å². The number of pyridine rings is 1. The zero-order chi connectivity index (χ0) is 24.4. The number of benzene rings is 2. The van der Waals surface area contributed by atoms with E-state index in [1.54, 1.807) is 36.0 Å². The molecule has 0 radical (unpaired) electrons. The van der Waals surface area contributed by atoms with Gasteiger partial charge in [-0.15, -0.1) is 0 Å². The minimum atomic E-state index is -2.70. The Morgan fingerprint density at radius 1 is 1.06 bits per heavy atom. The molecule has 0 spiro atoms. The molecular formula is C26H22F2N6O. The molecule has 0 bridgehead atoms. The summed E-state index contributed by atoms with van der Waals surface area (Å²) in [5.41, 5.74) is 3.21. The lowest BCUT2D eigenvalue weighted by Crippen LogP contribution is -2.20. The van der Waals surface area contributed by atoms with Gasteiger partial charge in [-0.1, -0.05) is 42.5 Å². The molecule has 0 aliphatic heterocycles. The van der Waals surface area contributed by atoms with Crippen molar-refractivity contribution >= 4 is 22.6 Å². The van der Waals surface area contributed by atoms with Crippen molar-refractivity contribution in [2.75, 3.05) is 5.32 Å². The van der Waals surface area contributed by atoms with Crippen LogP contribution in [0.5, 0.6) is 0 Å². The molecule has 176 valence electrons. The highest BCUT2D eigenvalue weighted by Crippen LogP contribution is 2.33. The van der Waals surface area contributed by atoms with Gasteiger partial charge in [0, 0.05) is 29.2 Å². The molecule has 0 saturated carbocycles. The van der Waals surface area contributed by atoms with E-state index in [1.807, 2.05) is 48.7 Å². The van der Waals surface area contributed by atoms with E-state index in [4.69, 9.17) is 0 Å². The van der Waals surface area contributed by atoms with Gasteiger partial charge in [-0.3, -0.25) is 9.48 Å². The summed E-state index contributed by atoms with van der Waals surface area (Å²) in [7, 11) is 0. The Bertz CT molecular complexity index is 1480. The average Bonchev–Trinajstić information content (AvgIpc) is 3.47. The maximum atomic E-state index is 14.0. The largest absolute Gasteiger partial charge is 0.324 e. The number of anilines is 1. The first-order chi connectivity index (χ1) is 17.0. The monoisotopic (exact) mass is 472 g/mol. The number of halogens is 2. The number of rotatable bonds is 7. The van der Waals surface area contributed by atoms with Crippen molar-refractivity contribution in [2.24, 2.45) is 0 Å². The predicted octanol–water partition coefficient (Wildman–Crippen LogP) is 5.23. The second-order valence-electron chi connectivity index (χ2n) is 8.16. The lowest BCUT2D eigenvalue weighted by Gasteiger charge is -2.10. The molecule has 3 aromatic heterocycles. The van der Waals surface area contributed by atoms with E-state index in [-0.39, 0.29) is 29.0 Å². The normalized spacial score (nSPS) is 11.3. The zero-order valence-electron chi connectivity index (χ0n) is 18.9. The minimum Gasteiger partial charge on any atom is -0.324 e. The van der Waals surface area contributed by atoms with Crippen molar-refractivity contribution in [3.63, 3.8) is 0 Å². The first-order valence-corrected chi connectivity index (χ1v) is 11.1. The van der Waals surface area contributed by atoms with Crippen LogP contribution in [0, 0.1) is 6.92 Å². The van der Waals surface area contributed by atoms with Gasteiger partial charge >= 0.3 is 0 Å². The van der Waals surface area contributed by atoms with E-state index in [1.165, 1.54) is 10.7 Å². The smallest absolute Gasteiger partial charge is 0.264 e. The van der Waals surface area contributed by atoms with Crippen LogP contribution in [0.1, 0.15) is 23.2 Å². The van der Waals surface area contributed by atoms with Gasteiger partial charge in [-0.05, 0) is 36.8 Å². The Kier molecular flexibility index (Phi) is 6.05. The molecule has 0 unspecified atom stereocenters. The van der Waals surface area contributed by atoms with E-state index >= 15 is 0 Å². The lowest BCUT2D eigenvalue weighted by atomic mass is 10.1. The van der Waals surface area contributed by atoms with Crippen molar-refractivity contribution < 1.29 is 13.6 Å². The van der Waals surface area contributed by atoms with Crippen molar-refractivity contribution in [1.29, 1.82) is 0 Å². The summed E-state index contributed by atoms with van der Waals surface area (Å²) in [5, 5.41) is 11.7. The molecule has 7 nitrogen and oxygen atoms in total. The van der Waals surface area contributed by atoms with Gasteiger partial charge in [0.15, 0.2) is 5.65 Å². The Morgan fingerprint density at radius 2 is 1.89 bits per heavy atom. The van der Waals surface area contributed by atoms with Crippen molar-refractivity contribution in [1.82, 2.24) is 24.5 Å². The highest BCUT2D eigenvalue weighted by molar-refractivity contribution is 5.92. The van der Waals surface area contributed by atoms with Gasteiger partial charge in [0.05, 0.1) is 23.3 Å². The number of hydrogen-bond acceptors (Lipinski definition) is 4. The maximum Gasteiger partial charge on any atom is 0.264 e. The summed E-state index contributed by atoms with van der Waals surface area (Å²) in [6, 6.07) is 19.8. The van der Waals surface area contributed by atoms with Crippen LogP contribution in [0.3, 0.4) is 0 Å². The predicted molar refractivity (Wildman–Crippen MR) is 129 cm³/mol. The molecular weight excluding hydrogens is 450 g/mol. The van der Waals surface area contributed by atoms with E-state index in [0.29, 0.717) is 29.2 Å². The number of carbonyl (C=O) groups is 1.